The van der Waals surface area contributed by atoms with Crippen molar-refractivity contribution in [3.05, 3.63) is 34.2 Å². The Labute approximate surface area is 132 Å². The van der Waals surface area contributed by atoms with E-state index in [0.29, 0.717) is 25.8 Å². The van der Waals surface area contributed by atoms with E-state index in [1.165, 1.54) is 18.2 Å². The van der Waals surface area contributed by atoms with E-state index in [-0.39, 0.29) is 5.92 Å². The molecule has 1 heterocycles. The quantitative estimate of drug-likeness (QED) is 0.766. The van der Waals surface area contributed by atoms with Gasteiger partial charge in [-0.05, 0) is 18.1 Å². The van der Waals surface area contributed by atoms with E-state index in [4.69, 9.17) is 4.74 Å². The monoisotopic (exact) mass is 334 g/mol. The van der Waals surface area contributed by atoms with Gasteiger partial charge >= 0.3 is 6.18 Å². The van der Waals surface area contributed by atoms with Gasteiger partial charge in [0.15, 0.2) is 0 Å². The third-order valence-corrected chi connectivity index (χ3v) is 3.13. The average Bonchev–Trinajstić information content (AvgIpc) is 2.43. The summed E-state index contributed by atoms with van der Waals surface area (Å²) in [6.07, 6.45) is -3.56. The molecule has 0 aromatic carbocycles. The van der Waals surface area contributed by atoms with Crippen molar-refractivity contribution in [3.63, 3.8) is 0 Å². The van der Waals surface area contributed by atoms with Gasteiger partial charge in [-0.3, -0.25) is 9.59 Å². The van der Waals surface area contributed by atoms with E-state index in [1.54, 1.807) is 0 Å². The van der Waals surface area contributed by atoms with Crippen LogP contribution in [0.3, 0.4) is 0 Å². The first kappa shape index (κ1) is 19.2. The van der Waals surface area contributed by atoms with Crippen LogP contribution in [0.2, 0.25) is 0 Å². The molecular weight excluding hydrogens is 313 g/mol. The first-order valence-electron chi connectivity index (χ1n) is 7.20. The normalized spacial score (nSPS) is 11.8. The van der Waals surface area contributed by atoms with Gasteiger partial charge < -0.3 is 14.2 Å². The number of rotatable bonds is 7. The number of amides is 1. The Balaban J connectivity index is 2.96. The van der Waals surface area contributed by atoms with Crippen molar-refractivity contribution in [2.75, 3.05) is 26.8 Å². The number of hydrogen-bond acceptors (Lipinski definition) is 3. The first-order chi connectivity index (χ1) is 10.7. The summed E-state index contributed by atoms with van der Waals surface area (Å²) in [6, 6.07) is 1.82. The van der Waals surface area contributed by atoms with Crippen LogP contribution in [-0.2, 0) is 22.3 Å². The predicted molar refractivity (Wildman–Crippen MR) is 79.0 cm³/mol. The third-order valence-electron chi connectivity index (χ3n) is 3.13. The van der Waals surface area contributed by atoms with Gasteiger partial charge in [-0.25, -0.2) is 0 Å². The van der Waals surface area contributed by atoms with Gasteiger partial charge in [0, 0.05) is 26.4 Å². The first-order valence-corrected chi connectivity index (χ1v) is 7.20. The Kier molecular flexibility index (Phi) is 6.80. The SMILES string of the molecule is COCCN(CC(C)C)C(=O)Cn1cccc(C(F)(F)F)c1=O. The molecule has 0 radical (unpaired) electrons. The zero-order chi connectivity index (χ0) is 17.6. The molecule has 0 spiro atoms. The highest BCUT2D eigenvalue weighted by Gasteiger charge is 2.34. The molecule has 0 unspecified atom stereocenters. The minimum Gasteiger partial charge on any atom is -0.383 e. The lowest BCUT2D eigenvalue weighted by molar-refractivity contribution is -0.139. The molecule has 5 nitrogen and oxygen atoms in total. The fourth-order valence-corrected chi connectivity index (χ4v) is 2.08. The minimum absolute atomic E-state index is 0.189. The molecule has 0 fully saturated rings. The van der Waals surface area contributed by atoms with Crippen LogP contribution in [0.15, 0.2) is 23.1 Å². The summed E-state index contributed by atoms with van der Waals surface area (Å²) in [6.45, 7) is 4.49. The summed E-state index contributed by atoms with van der Waals surface area (Å²) in [5.74, 6) is -0.230. The molecule has 130 valence electrons. The molecule has 1 aromatic heterocycles. The lowest BCUT2D eigenvalue weighted by Crippen LogP contribution is -2.41. The van der Waals surface area contributed by atoms with Gasteiger partial charge in [-0.2, -0.15) is 13.2 Å². The maximum absolute atomic E-state index is 12.7. The highest BCUT2D eigenvalue weighted by Crippen LogP contribution is 2.25. The molecule has 1 rings (SSSR count). The van der Waals surface area contributed by atoms with E-state index >= 15 is 0 Å². The lowest BCUT2D eigenvalue weighted by Gasteiger charge is -2.24. The Bertz CT molecular complexity index is 582. The summed E-state index contributed by atoms with van der Waals surface area (Å²) in [5.41, 5.74) is -2.50. The number of ether oxygens (including phenoxy) is 1. The highest BCUT2D eigenvalue weighted by molar-refractivity contribution is 5.76. The zero-order valence-electron chi connectivity index (χ0n) is 13.4. The van der Waals surface area contributed by atoms with Crippen molar-refractivity contribution in [2.24, 2.45) is 5.92 Å². The van der Waals surface area contributed by atoms with Crippen LogP contribution in [0, 0.1) is 5.92 Å². The maximum Gasteiger partial charge on any atom is 0.421 e. The Hall–Kier alpha value is -1.83. The largest absolute Gasteiger partial charge is 0.421 e. The number of carbonyl (C=O) groups is 1. The number of nitrogens with zero attached hydrogens (tertiary/aromatic N) is 2. The molecule has 0 aliphatic rings. The maximum atomic E-state index is 12.7. The minimum atomic E-state index is -4.74. The van der Waals surface area contributed by atoms with E-state index < -0.39 is 29.8 Å². The number of methoxy groups -OCH3 is 1. The van der Waals surface area contributed by atoms with Crippen molar-refractivity contribution in [1.29, 1.82) is 0 Å². The third kappa shape index (κ3) is 5.70. The molecule has 0 atom stereocenters. The topological polar surface area (TPSA) is 51.5 Å². The predicted octanol–water partition coefficient (Wildman–Crippen LogP) is 2.00. The van der Waals surface area contributed by atoms with Crippen LogP contribution in [0.4, 0.5) is 13.2 Å². The van der Waals surface area contributed by atoms with Crippen LogP contribution >= 0.6 is 0 Å². The number of halogens is 3. The molecule has 8 heteroatoms. The highest BCUT2D eigenvalue weighted by atomic mass is 19.4. The zero-order valence-corrected chi connectivity index (χ0v) is 13.4. The standard InChI is InChI=1S/C15H21F3N2O3/c1-11(2)9-19(7-8-23-3)13(21)10-20-6-4-5-12(14(20)22)15(16,17)18/h4-6,11H,7-10H2,1-3H3. The summed E-state index contributed by atoms with van der Waals surface area (Å²) in [4.78, 5) is 25.6. The van der Waals surface area contributed by atoms with Gasteiger partial charge in [0.25, 0.3) is 5.56 Å². The molecule has 0 saturated carbocycles. The molecule has 0 aliphatic heterocycles. The average molecular weight is 334 g/mol. The number of hydrogen-bond donors (Lipinski definition) is 0. The molecule has 0 aliphatic carbocycles. The number of alkyl halides is 3. The van der Waals surface area contributed by atoms with Crippen LogP contribution < -0.4 is 5.56 Å². The van der Waals surface area contributed by atoms with Gasteiger partial charge in [0.1, 0.15) is 12.1 Å². The second kappa shape index (κ2) is 8.14. The van der Waals surface area contributed by atoms with E-state index in [9.17, 15) is 22.8 Å². The molecule has 23 heavy (non-hydrogen) atoms. The molecule has 1 amide bonds. The van der Waals surface area contributed by atoms with Crippen LogP contribution in [0.5, 0.6) is 0 Å². The van der Waals surface area contributed by atoms with Crippen LogP contribution in [0.1, 0.15) is 19.4 Å². The van der Waals surface area contributed by atoms with Crippen molar-refractivity contribution in [3.8, 4) is 0 Å². The Morgan fingerprint density at radius 1 is 1.39 bits per heavy atom. The van der Waals surface area contributed by atoms with Crippen molar-refractivity contribution >= 4 is 5.91 Å². The summed E-state index contributed by atoms with van der Waals surface area (Å²) in [5, 5.41) is 0. The van der Waals surface area contributed by atoms with Crippen LogP contribution in [-0.4, -0.2) is 42.2 Å². The Morgan fingerprint density at radius 3 is 2.57 bits per heavy atom. The molecule has 0 bridgehead atoms. The Morgan fingerprint density at radius 2 is 2.04 bits per heavy atom. The van der Waals surface area contributed by atoms with Gasteiger partial charge in [0.2, 0.25) is 5.91 Å². The van der Waals surface area contributed by atoms with Crippen molar-refractivity contribution in [1.82, 2.24) is 9.47 Å². The van der Waals surface area contributed by atoms with Gasteiger partial charge in [-0.15, -0.1) is 0 Å². The smallest absolute Gasteiger partial charge is 0.383 e. The summed E-state index contributed by atoms with van der Waals surface area (Å²) >= 11 is 0. The van der Waals surface area contributed by atoms with Gasteiger partial charge in [-0.1, -0.05) is 13.8 Å². The number of carbonyl (C=O) groups excluding carboxylic acids is 1. The van der Waals surface area contributed by atoms with Crippen LogP contribution in [0.25, 0.3) is 0 Å². The number of aromatic nitrogens is 1. The van der Waals surface area contributed by atoms with Gasteiger partial charge in [0.05, 0.1) is 6.61 Å². The summed E-state index contributed by atoms with van der Waals surface area (Å²) in [7, 11) is 1.50. The van der Waals surface area contributed by atoms with E-state index in [1.807, 2.05) is 13.8 Å². The second-order valence-corrected chi connectivity index (χ2v) is 5.58. The fourth-order valence-electron chi connectivity index (χ4n) is 2.08. The fraction of sp³-hybridized carbons (Fsp3) is 0.600. The molecular formula is C15H21F3N2O3. The van der Waals surface area contributed by atoms with Crippen molar-refractivity contribution < 1.29 is 22.7 Å². The number of pyridine rings is 1. The van der Waals surface area contributed by atoms with E-state index in [0.717, 1.165) is 10.6 Å². The molecule has 1 aromatic rings. The summed E-state index contributed by atoms with van der Waals surface area (Å²) < 4.78 is 43.9. The lowest BCUT2D eigenvalue weighted by atomic mass is 10.2. The van der Waals surface area contributed by atoms with Crippen molar-refractivity contribution in [2.45, 2.75) is 26.6 Å². The second-order valence-electron chi connectivity index (χ2n) is 5.58. The van der Waals surface area contributed by atoms with E-state index in [2.05, 4.69) is 0 Å². The molecule has 0 saturated heterocycles. The molecule has 0 N–H and O–H groups in total.